The Balaban J connectivity index is 1.88. The first-order valence-electron chi connectivity index (χ1n) is 7.75. The van der Waals surface area contributed by atoms with Gasteiger partial charge in [-0.15, -0.1) is 0 Å². The molecular weight excluding hydrogens is 328 g/mol. The van der Waals surface area contributed by atoms with E-state index in [9.17, 15) is 9.59 Å². The molecule has 0 fully saturated rings. The van der Waals surface area contributed by atoms with E-state index >= 15 is 0 Å². The van der Waals surface area contributed by atoms with Gasteiger partial charge in [0.1, 0.15) is 5.75 Å². The molecule has 2 aromatic heterocycles. The van der Waals surface area contributed by atoms with E-state index in [2.05, 4.69) is 4.98 Å². The molecular formula is C16H16N4O5. The first kappa shape index (κ1) is 15.3. The molecule has 0 N–H and O–H groups in total. The lowest BCUT2D eigenvalue weighted by Crippen LogP contribution is -2.37. The topological polar surface area (TPSA) is 89.5 Å². The summed E-state index contributed by atoms with van der Waals surface area (Å²) in [5.41, 5.74) is -0.241. The highest BCUT2D eigenvalue weighted by Gasteiger charge is 2.20. The second-order valence-corrected chi connectivity index (χ2v) is 5.63. The van der Waals surface area contributed by atoms with E-state index in [-0.39, 0.29) is 18.5 Å². The van der Waals surface area contributed by atoms with Gasteiger partial charge in [-0.25, -0.2) is 4.79 Å². The van der Waals surface area contributed by atoms with Crippen molar-refractivity contribution in [2.24, 2.45) is 14.1 Å². The fourth-order valence-electron chi connectivity index (χ4n) is 2.84. The highest BCUT2D eigenvalue weighted by atomic mass is 16.7. The van der Waals surface area contributed by atoms with Crippen LogP contribution in [0, 0.1) is 0 Å². The number of ether oxygens (including phenoxy) is 3. The quantitative estimate of drug-likeness (QED) is 0.703. The molecule has 0 bridgehead atoms. The van der Waals surface area contributed by atoms with Crippen LogP contribution in [0.25, 0.3) is 11.2 Å². The van der Waals surface area contributed by atoms with Gasteiger partial charge in [0.2, 0.25) is 6.79 Å². The van der Waals surface area contributed by atoms with Gasteiger partial charge in [0.15, 0.2) is 22.7 Å². The maximum absolute atomic E-state index is 12.5. The van der Waals surface area contributed by atoms with Gasteiger partial charge in [0.25, 0.3) is 5.56 Å². The summed E-state index contributed by atoms with van der Waals surface area (Å²) in [4.78, 5) is 29.0. The molecule has 0 atom stereocenters. The van der Waals surface area contributed by atoms with Crippen molar-refractivity contribution in [3.8, 4) is 23.3 Å². The molecule has 1 aliphatic heterocycles. The molecule has 0 saturated carbocycles. The maximum Gasteiger partial charge on any atom is 0.332 e. The van der Waals surface area contributed by atoms with Crippen LogP contribution in [-0.2, 0) is 20.6 Å². The SMILES string of the molecule is CCn1c(Oc2ccc3c(c2)OCO3)nc2c1c(=O)n(C)c(=O)n2C. The maximum atomic E-state index is 12.5. The van der Waals surface area contributed by atoms with Gasteiger partial charge in [-0.2, -0.15) is 4.98 Å². The van der Waals surface area contributed by atoms with Gasteiger partial charge in [0.05, 0.1) is 0 Å². The zero-order valence-electron chi connectivity index (χ0n) is 14.0. The van der Waals surface area contributed by atoms with Gasteiger partial charge in [-0.3, -0.25) is 18.5 Å². The van der Waals surface area contributed by atoms with Crippen LogP contribution < -0.4 is 25.5 Å². The van der Waals surface area contributed by atoms with Crippen molar-refractivity contribution in [3.63, 3.8) is 0 Å². The Hall–Kier alpha value is -3.23. The molecule has 9 heteroatoms. The van der Waals surface area contributed by atoms with Crippen LogP contribution in [0.3, 0.4) is 0 Å². The third kappa shape index (κ3) is 2.19. The largest absolute Gasteiger partial charge is 0.454 e. The van der Waals surface area contributed by atoms with E-state index in [0.29, 0.717) is 29.3 Å². The molecule has 0 spiro atoms. The molecule has 0 aliphatic carbocycles. The summed E-state index contributed by atoms with van der Waals surface area (Å²) in [6.07, 6.45) is 0. The molecule has 0 amide bonds. The molecule has 1 aromatic carbocycles. The van der Waals surface area contributed by atoms with Gasteiger partial charge in [-0.1, -0.05) is 0 Å². The number of imidazole rings is 1. The number of aromatic nitrogens is 4. The van der Waals surface area contributed by atoms with Crippen LogP contribution in [-0.4, -0.2) is 25.5 Å². The van der Waals surface area contributed by atoms with Crippen molar-refractivity contribution in [1.82, 2.24) is 18.7 Å². The Bertz CT molecular complexity index is 1110. The van der Waals surface area contributed by atoms with Crippen molar-refractivity contribution in [2.75, 3.05) is 6.79 Å². The smallest absolute Gasteiger partial charge is 0.332 e. The first-order valence-corrected chi connectivity index (χ1v) is 7.75. The van der Waals surface area contributed by atoms with Gasteiger partial charge < -0.3 is 14.2 Å². The van der Waals surface area contributed by atoms with E-state index < -0.39 is 11.2 Å². The normalized spacial score (nSPS) is 12.8. The highest BCUT2D eigenvalue weighted by molar-refractivity contribution is 5.72. The summed E-state index contributed by atoms with van der Waals surface area (Å²) >= 11 is 0. The monoisotopic (exact) mass is 344 g/mol. The summed E-state index contributed by atoms with van der Waals surface area (Å²) in [6, 6.07) is 5.39. The average molecular weight is 344 g/mol. The van der Waals surface area contributed by atoms with Crippen molar-refractivity contribution < 1.29 is 14.2 Å². The Morgan fingerprint density at radius 2 is 1.92 bits per heavy atom. The molecule has 25 heavy (non-hydrogen) atoms. The second-order valence-electron chi connectivity index (χ2n) is 5.63. The molecule has 9 nitrogen and oxygen atoms in total. The van der Waals surface area contributed by atoms with E-state index in [1.54, 1.807) is 29.8 Å². The number of aryl methyl sites for hydroxylation is 2. The zero-order chi connectivity index (χ0) is 17.7. The lowest BCUT2D eigenvalue weighted by molar-refractivity contribution is 0.174. The number of nitrogens with zero attached hydrogens (tertiary/aromatic N) is 4. The van der Waals surface area contributed by atoms with Crippen molar-refractivity contribution in [2.45, 2.75) is 13.5 Å². The summed E-state index contributed by atoms with van der Waals surface area (Å²) in [7, 11) is 3.01. The molecule has 0 unspecified atom stereocenters. The Kier molecular flexibility index (Phi) is 3.31. The minimum Gasteiger partial charge on any atom is -0.454 e. The summed E-state index contributed by atoms with van der Waals surface area (Å²) in [5, 5.41) is 0. The zero-order valence-corrected chi connectivity index (χ0v) is 14.0. The lowest BCUT2D eigenvalue weighted by atomic mass is 10.3. The molecule has 130 valence electrons. The third-order valence-corrected chi connectivity index (χ3v) is 4.18. The van der Waals surface area contributed by atoms with E-state index in [1.165, 1.54) is 11.6 Å². The Morgan fingerprint density at radius 1 is 1.16 bits per heavy atom. The Morgan fingerprint density at radius 3 is 2.68 bits per heavy atom. The van der Waals surface area contributed by atoms with E-state index in [1.807, 2.05) is 6.92 Å². The fourth-order valence-corrected chi connectivity index (χ4v) is 2.84. The standard InChI is InChI=1S/C16H16N4O5/c1-4-20-12-13(18(2)16(22)19(3)14(12)21)17-15(20)25-9-5-6-10-11(7-9)24-8-23-10/h5-7H,4,8H2,1-3H3. The number of hydrogen-bond acceptors (Lipinski definition) is 6. The minimum atomic E-state index is -0.437. The second kappa shape index (κ2) is 5.40. The van der Waals surface area contributed by atoms with Crippen LogP contribution in [0.4, 0.5) is 0 Å². The van der Waals surface area contributed by atoms with Crippen molar-refractivity contribution in [3.05, 3.63) is 39.0 Å². The van der Waals surface area contributed by atoms with Gasteiger partial charge >= 0.3 is 11.7 Å². The average Bonchev–Trinajstić information content (AvgIpc) is 3.22. The van der Waals surface area contributed by atoms with Crippen molar-refractivity contribution >= 4 is 11.2 Å². The molecule has 3 heterocycles. The third-order valence-electron chi connectivity index (χ3n) is 4.18. The number of benzene rings is 1. The predicted molar refractivity (Wildman–Crippen MR) is 88.5 cm³/mol. The van der Waals surface area contributed by atoms with Gasteiger partial charge in [-0.05, 0) is 19.1 Å². The molecule has 3 aromatic rings. The van der Waals surface area contributed by atoms with Crippen LogP contribution in [0.5, 0.6) is 23.3 Å². The molecule has 0 saturated heterocycles. The fraction of sp³-hybridized carbons (Fsp3) is 0.312. The van der Waals surface area contributed by atoms with Crippen LogP contribution >= 0.6 is 0 Å². The summed E-state index contributed by atoms with van der Waals surface area (Å²) < 4.78 is 20.5. The lowest BCUT2D eigenvalue weighted by Gasteiger charge is -2.08. The van der Waals surface area contributed by atoms with Crippen LogP contribution in [0.2, 0.25) is 0 Å². The number of fused-ring (bicyclic) bond motifs is 2. The first-order chi connectivity index (χ1) is 12.0. The van der Waals surface area contributed by atoms with Crippen LogP contribution in [0.15, 0.2) is 27.8 Å². The summed E-state index contributed by atoms with van der Waals surface area (Å²) in [5.74, 6) is 1.73. The molecule has 1 aliphatic rings. The predicted octanol–water partition coefficient (Wildman–Crippen LogP) is 0.975. The van der Waals surface area contributed by atoms with E-state index in [4.69, 9.17) is 14.2 Å². The minimum absolute atomic E-state index is 0.171. The summed E-state index contributed by atoms with van der Waals surface area (Å²) in [6.45, 7) is 2.51. The van der Waals surface area contributed by atoms with Gasteiger partial charge in [0, 0.05) is 26.7 Å². The number of rotatable bonds is 3. The van der Waals surface area contributed by atoms with E-state index in [0.717, 1.165) is 4.57 Å². The molecule has 0 radical (unpaired) electrons. The van der Waals surface area contributed by atoms with Crippen LogP contribution in [0.1, 0.15) is 6.92 Å². The number of hydrogen-bond donors (Lipinski definition) is 0. The Labute approximate surface area is 141 Å². The van der Waals surface area contributed by atoms with Crippen molar-refractivity contribution in [1.29, 1.82) is 0 Å². The molecule has 4 rings (SSSR count). The highest BCUT2D eigenvalue weighted by Crippen LogP contribution is 2.36.